The molecule has 0 amide bonds. The van der Waals surface area contributed by atoms with E-state index in [0.29, 0.717) is 18.2 Å². The molecule has 0 aromatic carbocycles. The van der Waals surface area contributed by atoms with E-state index in [1.807, 2.05) is 13.0 Å². The van der Waals surface area contributed by atoms with Crippen LogP contribution in [0.5, 0.6) is 0 Å². The van der Waals surface area contributed by atoms with Gasteiger partial charge < -0.3 is 10.1 Å². The predicted molar refractivity (Wildman–Crippen MR) is 63.6 cm³/mol. The molecule has 1 aromatic heterocycles. The molecule has 2 heterocycles. The van der Waals surface area contributed by atoms with Crippen LogP contribution in [-0.2, 0) is 4.74 Å². The fraction of sp³-hybridized carbons (Fsp3) is 0.583. The molecule has 1 atom stereocenters. The van der Waals surface area contributed by atoms with E-state index >= 15 is 0 Å². The number of hydrogen-bond acceptors (Lipinski definition) is 5. The van der Waals surface area contributed by atoms with Gasteiger partial charge in [0.05, 0.1) is 5.60 Å². The first kappa shape index (κ1) is 11.8. The number of ether oxygens (including phenoxy) is 1. The summed E-state index contributed by atoms with van der Waals surface area (Å²) in [4.78, 5) is 8.35. The maximum atomic E-state index is 8.82. The maximum absolute atomic E-state index is 8.82. The van der Waals surface area contributed by atoms with Crippen LogP contribution in [0.2, 0.25) is 0 Å². The predicted octanol–water partition coefficient (Wildman–Crippen LogP) is 1.64. The lowest BCUT2D eigenvalue weighted by Crippen LogP contribution is -2.33. The molecule has 0 radical (unpaired) electrons. The fourth-order valence-corrected chi connectivity index (χ4v) is 1.95. The molecule has 1 aliphatic rings. The highest BCUT2D eigenvalue weighted by molar-refractivity contribution is 5.33. The minimum atomic E-state index is -0.139. The van der Waals surface area contributed by atoms with Gasteiger partial charge in [0.2, 0.25) is 5.95 Å². The molecule has 90 valence electrons. The van der Waals surface area contributed by atoms with E-state index in [1.165, 1.54) is 0 Å². The second-order valence-electron chi connectivity index (χ2n) is 4.59. The Kier molecular flexibility index (Phi) is 3.25. The van der Waals surface area contributed by atoms with Crippen molar-refractivity contribution in [3.63, 3.8) is 0 Å². The van der Waals surface area contributed by atoms with E-state index in [4.69, 9.17) is 10.00 Å². The van der Waals surface area contributed by atoms with Crippen LogP contribution in [0.3, 0.4) is 0 Å². The number of hydrogen-bond donors (Lipinski definition) is 1. The second-order valence-corrected chi connectivity index (χ2v) is 4.59. The molecule has 0 aliphatic carbocycles. The average molecular weight is 232 g/mol. The number of aryl methyl sites for hydroxylation is 1. The first-order valence-electron chi connectivity index (χ1n) is 5.75. The Bertz CT molecular complexity index is 446. The molecule has 1 aromatic rings. The molecule has 17 heavy (non-hydrogen) atoms. The average Bonchev–Trinajstić information content (AvgIpc) is 2.73. The van der Waals surface area contributed by atoms with Crippen LogP contribution in [0.4, 0.5) is 5.95 Å². The van der Waals surface area contributed by atoms with Crippen molar-refractivity contribution in [3.05, 3.63) is 17.5 Å². The van der Waals surface area contributed by atoms with E-state index < -0.39 is 0 Å². The van der Waals surface area contributed by atoms with Crippen molar-refractivity contribution in [1.29, 1.82) is 5.26 Å². The van der Waals surface area contributed by atoms with E-state index in [-0.39, 0.29) is 5.60 Å². The van der Waals surface area contributed by atoms with E-state index in [1.54, 1.807) is 6.07 Å². The Morgan fingerprint density at radius 1 is 1.59 bits per heavy atom. The second kappa shape index (κ2) is 4.68. The zero-order chi connectivity index (χ0) is 12.3. The summed E-state index contributed by atoms with van der Waals surface area (Å²) in [5.74, 6) is 0.498. The van der Waals surface area contributed by atoms with Crippen LogP contribution in [0, 0.1) is 18.3 Å². The highest BCUT2D eigenvalue weighted by Crippen LogP contribution is 2.24. The van der Waals surface area contributed by atoms with E-state index in [9.17, 15) is 0 Å². The fourth-order valence-electron chi connectivity index (χ4n) is 1.95. The minimum absolute atomic E-state index is 0.139. The minimum Gasteiger partial charge on any atom is -0.373 e. The molecule has 2 rings (SSSR count). The normalized spacial score (nSPS) is 23.4. The Morgan fingerprint density at radius 2 is 2.41 bits per heavy atom. The van der Waals surface area contributed by atoms with Crippen molar-refractivity contribution in [2.45, 2.75) is 32.3 Å². The molecule has 1 unspecified atom stereocenters. The molecule has 1 fully saturated rings. The lowest BCUT2D eigenvalue weighted by atomic mass is 10.0. The third kappa shape index (κ3) is 2.92. The molecular formula is C12H16N4O. The molecule has 5 nitrogen and oxygen atoms in total. The SMILES string of the molecule is Cc1cc(C#N)nc(NCC2(C)CCCO2)n1. The first-order valence-corrected chi connectivity index (χ1v) is 5.75. The highest BCUT2D eigenvalue weighted by atomic mass is 16.5. The third-order valence-corrected chi connectivity index (χ3v) is 2.89. The number of aromatic nitrogens is 2. The van der Waals surface area contributed by atoms with Gasteiger partial charge in [-0.25, -0.2) is 9.97 Å². The molecule has 1 N–H and O–H groups in total. The summed E-state index contributed by atoms with van der Waals surface area (Å²) in [6, 6.07) is 3.69. The van der Waals surface area contributed by atoms with Gasteiger partial charge in [0.1, 0.15) is 11.8 Å². The monoisotopic (exact) mass is 232 g/mol. The number of nitriles is 1. The highest BCUT2D eigenvalue weighted by Gasteiger charge is 2.29. The number of anilines is 1. The number of nitrogens with one attached hydrogen (secondary N) is 1. The topological polar surface area (TPSA) is 70.8 Å². The van der Waals surface area contributed by atoms with E-state index in [0.717, 1.165) is 25.1 Å². The quantitative estimate of drug-likeness (QED) is 0.857. The largest absolute Gasteiger partial charge is 0.373 e. The van der Waals surface area contributed by atoms with Crippen LogP contribution in [-0.4, -0.2) is 28.7 Å². The molecule has 0 bridgehead atoms. The lowest BCUT2D eigenvalue weighted by molar-refractivity contribution is 0.0314. The van der Waals surface area contributed by atoms with Crippen molar-refractivity contribution in [1.82, 2.24) is 9.97 Å². The molecule has 1 saturated heterocycles. The van der Waals surface area contributed by atoms with Crippen molar-refractivity contribution in [2.24, 2.45) is 0 Å². The van der Waals surface area contributed by atoms with Gasteiger partial charge in [-0.2, -0.15) is 5.26 Å². The Labute approximate surface area is 101 Å². The van der Waals surface area contributed by atoms with Gasteiger partial charge >= 0.3 is 0 Å². The van der Waals surface area contributed by atoms with Crippen molar-refractivity contribution < 1.29 is 4.74 Å². The van der Waals surface area contributed by atoms with Gasteiger partial charge in [0.25, 0.3) is 0 Å². The zero-order valence-electron chi connectivity index (χ0n) is 10.2. The summed E-state index contributed by atoms with van der Waals surface area (Å²) in [5, 5.41) is 12.0. The summed E-state index contributed by atoms with van der Waals surface area (Å²) in [7, 11) is 0. The standard InChI is InChI=1S/C12H16N4O/c1-9-6-10(7-13)16-11(15-9)14-8-12(2)4-3-5-17-12/h6H,3-5,8H2,1-2H3,(H,14,15,16). The summed E-state index contributed by atoms with van der Waals surface area (Å²) in [6.45, 7) is 5.41. The third-order valence-electron chi connectivity index (χ3n) is 2.89. The van der Waals surface area contributed by atoms with Crippen LogP contribution in [0.1, 0.15) is 31.2 Å². The van der Waals surface area contributed by atoms with Crippen molar-refractivity contribution >= 4 is 5.95 Å². The zero-order valence-corrected chi connectivity index (χ0v) is 10.2. The van der Waals surface area contributed by atoms with Gasteiger partial charge in [0.15, 0.2) is 0 Å². The number of nitrogens with zero attached hydrogens (tertiary/aromatic N) is 3. The van der Waals surface area contributed by atoms with Crippen LogP contribution < -0.4 is 5.32 Å². The van der Waals surface area contributed by atoms with Gasteiger partial charge in [-0.05, 0) is 32.8 Å². The Hall–Kier alpha value is -1.67. The molecule has 0 saturated carbocycles. The first-order chi connectivity index (χ1) is 8.11. The molecule has 1 aliphatic heterocycles. The van der Waals surface area contributed by atoms with Crippen LogP contribution in [0.25, 0.3) is 0 Å². The maximum Gasteiger partial charge on any atom is 0.224 e. The summed E-state index contributed by atoms with van der Waals surface area (Å²) in [5.41, 5.74) is 1.04. The Balaban J connectivity index is 2.04. The summed E-state index contributed by atoms with van der Waals surface area (Å²) < 4.78 is 5.67. The van der Waals surface area contributed by atoms with Gasteiger partial charge in [-0.3, -0.25) is 0 Å². The van der Waals surface area contributed by atoms with Crippen molar-refractivity contribution in [3.8, 4) is 6.07 Å². The smallest absolute Gasteiger partial charge is 0.224 e. The van der Waals surface area contributed by atoms with Gasteiger partial charge in [0, 0.05) is 18.8 Å². The lowest BCUT2D eigenvalue weighted by Gasteiger charge is -2.23. The Morgan fingerprint density at radius 3 is 3.06 bits per heavy atom. The van der Waals surface area contributed by atoms with Crippen molar-refractivity contribution in [2.75, 3.05) is 18.5 Å². The molecular weight excluding hydrogens is 216 g/mol. The van der Waals surface area contributed by atoms with Crippen LogP contribution >= 0.6 is 0 Å². The molecule has 0 spiro atoms. The summed E-state index contributed by atoms with van der Waals surface area (Å²) in [6.07, 6.45) is 2.13. The van der Waals surface area contributed by atoms with Gasteiger partial charge in [-0.15, -0.1) is 0 Å². The molecule has 5 heteroatoms. The van der Waals surface area contributed by atoms with Crippen LogP contribution in [0.15, 0.2) is 6.07 Å². The van der Waals surface area contributed by atoms with E-state index in [2.05, 4.69) is 22.2 Å². The number of rotatable bonds is 3. The van der Waals surface area contributed by atoms with Gasteiger partial charge in [-0.1, -0.05) is 0 Å². The summed E-state index contributed by atoms with van der Waals surface area (Å²) >= 11 is 0.